The average molecular weight is 291 g/mol. The molecule has 0 saturated heterocycles. The molecule has 0 atom stereocenters. The number of hydrogen-bond donors (Lipinski definition) is 2. The summed E-state index contributed by atoms with van der Waals surface area (Å²) in [7, 11) is 0. The quantitative estimate of drug-likeness (QED) is 0.494. The zero-order valence-corrected chi connectivity index (χ0v) is 11.6. The Balaban J connectivity index is 2.11. The van der Waals surface area contributed by atoms with Gasteiger partial charge in [0.2, 0.25) is 11.8 Å². The number of thioether (sulfide) groups is 1. The predicted octanol–water partition coefficient (Wildman–Crippen LogP) is 2.30. The van der Waals surface area contributed by atoms with Gasteiger partial charge in [0.25, 0.3) is 0 Å². The van der Waals surface area contributed by atoms with Crippen LogP contribution in [0.15, 0.2) is 35.4 Å². The van der Waals surface area contributed by atoms with Crippen LogP contribution in [-0.2, 0) is 6.54 Å². The Morgan fingerprint density at radius 2 is 2.20 bits per heavy atom. The van der Waals surface area contributed by atoms with Crippen molar-refractivity contribution >= 4 is 29.2 Å². The van der Waals surface area contributed by atoms with Gasteiger partial charge in [0.05, 0.1) is 4.92 Å². The summed E-state index contributed by atoms with van der Waals surface area (Å²) in [6.45, 7) is 0.522. The van der Waals surface area contributed by atoms with Crippen LogP contribution in [0.25, 0.3) is 0 Å². The van der Waals surface area contributed by atoms with E-state index in [4.69, 9.17) is 5.73 Å². The van der Waals surface area contributed by atoms with Crippen LogP contribution in [-0.4, -0.2) is 21.1 Å². The molecule has 0 aliphatic heterocycles. The molecule has 0 fully saturated rings. The second kappa shape index (κ2) is 6.20. The van der Waals surface area contributed by atoms with E-state index in [1.807, 2.05) is 30.5 Å². The lowest BCUT2D eigenvalue weighted by Gasteiger charge is -2.08. The van der Waals surface area contributed by atoms with E-state index in [1.165, 1.54) is 0 Å². The van der Waals surface area contributed by atoms with E-state index >= 15 is 0 Å². The summed E-state index contributed by atoms with van der Waals surface area (Å²) in [4.78, 5) is 18.9. The van der Waals surface area contributed by atoms with Crippen molar-refractivity contribution in [1.29, 1.82) is 0 Å². The highest BCUT2D eigenvalue weighted by molar-refractivity contribution is 7.98. The van der Waals surface area contributed by atoms with E-state index in [2.05, 4.69) is 15.3 Å². The third-order valence-corrected chi connectivity index (χ3v) is 3.46. The van der Waals surface area contributed by atoms with E-state index in [0.29, 0.717) is 6.54 Å². The number of nitro groups is 1. The average Bonchev–Trinajstić information content (AvgIpc) is 2.45. The Morgan fingerprint density at radius 1 is 1.45 bits per heavy atom. The van der Waals surface area contributed by atoms with Crippen molar-refractivity contribution in [3.8, 4) is 0 Å². The van der Waals surface area contributed by atoms with Gasteiger partial charge in [-0.2, -0.15) is 4.98 Å². The lowest BCUT2D eigenvalue weighted by atomic mass is 10.2. The number of hydrogen-bond acceptors (Lipinski definition) is 7. The Morgan fingerprint density at radius 3 is 2.85 bits per heavy atom. The van der Waals surface area contributed by atoms with Crippen LogP contribution < -0.4 is 11.1 Å². The minimum atomic E-state index is -0.609. The van der Waals surface area contributed by atoms with Crippen molar-refractivity contribution in [2.24, 2.45) is 0 Å². The minimum absolute atomic E-state index is 0.148. The zero-order chi connectivity index (χ0) is 14.5. The summed E-state index contributed by atoms with van der Waals surface area (Å²) in [5.41, 5.74) is 6.32. The molecule has 3 N–H and O–H groups in total. The summed E-state index contributed by atoms with van der Waals surface area (Å²) >= 11 is 1.65. The van der Waals surface area contributed by atoms with Gasteiger partial charge in [-0.05, 0) is 17.9 Å². The molecule has 0 amide bonds. The van der Waals surface area contributed by atoms with Crippen molar-refractivity contribution in [3.05, 3.63) is 46.1 Å². The van der Waals surface area contributed by atoms with E-state index in [-0.39, 0.29) is 17.5 Å². The summed E-state index contributed by atoms with van der Waals surface area (Å²) < 4.78 is 0. The highest BCUT2D eigenvalue weighted by Gasteiger charge is 2.14. The van der Waals surface area contributed by atoms with Crippen molar-refractivity contribution < 1.29 is 4.92 Å². The molecule has 104 valence electrons. The van der Waals surface area contributed by atoms with Gasteiger partial charge in [-0.25, -0.2) is 4.98 Å². The van der Waals surface area contributed by atoms with Crippen molar-refractivity contribution in [2.45, 2.75) is 11.4 Å². The molecule has 0 radical (unpaired) electrons. The molecular formula is C12H13N5O2S. The van der Waals surface area contributed by atoms with Gasteiger partial charge in [-0.15, -0.1) is 11.8 Å². The van der Waals surface area contributed by atoms with Crippen molar-refractivity contribution in [1.82, 2.24) is 9.97 Å². The molecule has 0 bridgehead atoms. The molecule has 20 heavy (non-hydrogen) atoms. The van der Waals surface area contributed by atoms with Crippen molar-refractivity contribution in [3.63, 3.8) is 0 Å². The molecule has 0 aliphatic rings. The number of nitrogen functional groups attached to an aromatic ring is 1. The zero-order valence-electron chi connectivity index (χ0n) is 10.7. The third kappa shape index (κ3) is 3.15. The van der Waals surface area contributed by atoms with Crippen LogP contribution in [0.5, 0.6) is 0 Å². The monoisotopic (exact) mass is 291 g/mol. The number of benzene rings is 1. The lowest BCUT2D eigenvalue weighted by Crippen LogP contribution is -2.07. The molecular weight excluding hydrogens is 278 g/mol. The Hall–Kier alpha value is -2.35. The summed E-state index contributed by atoms with van der Waals surface area (Å²) in [6, 6.07) is 7.93. The maximum Gasteiger partial charge on any atom is 0.329 e. The Labute approximate surface area is 119 Å². The van der Waals surface area contributed by atoms with Crippen molar-refractivity contribution in [2.75, 3.05) is 17.3 Å². The fourth-order valence-electron chi connectivity index (χ4n) is 1.64. The highest BCUT2D eigenvalue weighted by atomic mass is 32.2. The standard InChI is InChI=1S/C12H13N5O2S/c1-20-10-5-3-2-4-8(10)6-14-12-15-7-9(17(18)19)11(13)16-12/h2-5,7H,6H2,1H3,(H3,13,14,15,16). The minimum Gasteiger partial charge on any atom is -0.378 e. The molecule has 2 rings (SSSR count). The molecule has 1 aromatic heterocycles. The molecule has 8 heteroatoms. The van der Waals surface area contributed by atoms with Gasteiger partial charge < -0.3 is 11.1 Å². The molecule has 0 saturated carbocycles. The smallest absolute Gasteiger partial charge is 0.329 e. The number of anilines is 2. The van der Waals surface area contributed by atoms with Gasteiger partial charge in [-0.1, -0.05) is 18.2 Å². The topological polar surface area (TPSA) is 107 Å². The summed E-state index contributed by atoms with van der Waals surface area (Å²) in [6.07, 6.45) is 3.10. The highest BCUT2D eigenvalue weighted by Crippen LogP contribution is 2.21. The fraction of sp³-hybridized carbons (Fsp3) is 0.167. The van der Waals surface area contributed by atoms with Gasteiger partial charge in [0.15, 0.2) is 0 Å². The fourth-order valence-corrected chi connectivity index (χ4v) is 2.25. The molecule has 0 aliphatic carbocycles. The number of aromatic nitrogens is 2. The number of nitrogens with one attached hydrogen (secondary N) is 1. The Bertz CT molecular complexity index is 635. The first-order valence-electron chi connectivity index (χ1n) is 5.74. The van der Waals surface area contributed by atoms with Gasteiger partial charge in [-0.3, -0.25) is 10.1 Å². The summed E-state index contributed by atoms with van der Waals surface area (Å²) in [5.74, 6) is 0.120. The first-order chi connectivity index (χ1) is 9.61. The van der Waals surface area contributed by atoms with Crippen LogP contribution in [0.4, 0.5) is 17.5 Å². The van der Waals surface area contributed by atoms with Gasteiger partial charge >= 0.3 is 5.69 Å². The maximum atomic E-state index is 10.6. The number of rotatable bonds is 5. The van der Waals surface area contributed by atoms with E-state index in [9.17, 15) is 10.1 Å². The largest absolute Gasteiger partial charge is 0.378 e. The van der Waals surface area contributed by atoms with Crippen LogP contribution in [0.1, 0.15) is 5.56 Å². The molecule has 2 aromatic rings. The van der Waals surface area contributed by atoms with E-state index in [1.54, 1.807) is 11.8 Å². The van der Waals surface area contributed by atoms with Crippen LogP contribution >= 0.6 is 11.8 Å². The predicted molar refractivity (Wildman–Crippen MR) is 78.6 cm³/mol. The Kier molecular flexibility index (Phi) is 4.36. The lowest BCUT2D eigenvalue weighted by molar-refractivity contribution is -0.384. The van der Waals surface area contributed by atoms with Crippen LogP contribution in [0.3, 0.4) is 0 Å². The van der Waals surface area contributed by atoms with E-state index < -0.39 is 4.92 Å². The first kappa shape index (κ1) is 14.1. The van der Waals surface area contributed by atoms with Crippen LogP contribution in [0, 0.1) is 10.1 Å². The van der Waals surface area contributed by atoms with Gasteiger partial charge in [0.1, 0.15) is 6.20 Å². The molecule has 0 unspecified atom stereocenters. The number of nitrogens with zero attached hydrogens (tertiary/aromatic N) is 3. The number of nitrogens with two attached hydrogens (primary N) is 1. The second-order valence-corrected chi connectivity index (χ2v) is 4.73. The molecule has 1 heterocycles. The molecule has 0 spiro atoms. The van der Waals surface area contributed by atoms with Crippen LogP contribution in [0.2, 0.25) is 0 Å². The van der Waals surface area contributed by atoms with E-state index in [0.717, 1.165) is 16.7 Å². The first-order valence-corrected chi connectivity index (χ1v) is 6.97. The molecule has 7 nitrogen and oxygen atoms in total. The summed E-state index contributed by atoms with van der Waals surface area (Å²) in [5, 5.41) is 13.6. The molecule has 1 aromatic carbocycles. The van der Waals surface area contributed by atoms with Gasteiger partial charge in [0, 0.05) is 11.4 Å². The maximum absolute atomic E-state index is 10.6. The SMILES string of the molecule is CSc1ccccc1CNc1ncc([N+](=O)[O-])c(N)n1. The normalized spacial score (nSPS) is 10.2. The second-order valence-electron chi connectivity index (χ2n) is 3.89. The third-order valence-electron chi connectivity index (χ3n) is 2.62.